The van der Waals surface area contributed by atoms with Crippen molar-refractivity contribution in [3.63, 3.8) is 0 Å². The molecule has 0 unspecified atom stereocenters. The molecule has 0 radical (unpaired) electrons. The van der Waals surface area contributed by atoms with Crippen LogP contribution in [0.1, 0.15) is 29.8 Å². The fourth-order valence-corrected chi connectivity index (χ4v) is 4.61. The zero-order valence-electron chi connectivity index (χ0n) is 17.9. The Morgan fingerprint density at radius 3 is 2.90 bits per heavy atom. The second-order valence-corrected chi connectivity index (χ2v) is 8.50. The Labute approximate surface area is 182 Å². The standard InChI is InChI=1S/C25H28N4O2/c1-18-26-11-13-29(18)23-7-5-22(6-8-23)27-25(30)21-3-2-12-28(17-21)16-19-4-9-24-20(15-19)10-14-31-24/h4-9,11,13,15,21H,2-3,10,12,14,16-17H2,1H3,(H,27,30)/t21-/m0/s1. The average Bonchev–Trinajstić information content (AvgIpc) is 3.43. The second kappa shape index (κ2) is 8.55. The highest BCUT2D eigenvalue weighted by Gasteiger charge is 2.26. The number of carbonyl (C=O) groups excluding carboxylic acids is 1. The van der Waals surface area contributed by atoms with Crippen LogP contribution in [0.4, 0.5) is 5.69 Å². The third-order valence-corrected chi connectivity index (χ3v) is 6.28. The van der Waals surface area contributed by atoms with Gasteiger partial charge in [-0.25, -0.2) is 4.98 Å². The average molecular weight is 417 g/mol. The number of anilines is 1. The van der Waals surface area contributed by atoms with Gasteiger partial charge in [0.1, 0.15) is 11.6 Å². The van der Waals surface area contributed by atoms with Crippen molar-refractivity contribution in [2.45, 2.75) is 32.7 Å². The van der Waals surface area contributed by atoms with Crippen molar-refractivity contribution in [1.82, 2.24) is 14.5 Å². The maximum atomic E-state index is 12.9. The highest BCUT2D eigenvalue weighted by atomic mass is 16.5. The lowest BCUT2D eigenvalue weighted by atomic mass is 9.96. The number of aromatic nitrogens is 2. The van der Waals surface area contributed by atoms with Crippen LogP contribution in [0.3, 0.4) is 0 Å². The summed E-state index contributed by atoms with van der Waals surface area (Å²) in [6.45, 7) is 5.48. The van der Waals surface area contributed by atoms with Crippen LogP contribution >= 0.6 is 0 Å². The molecule has 31 heavy (non-hydrogen) atoms. The number of benzene rings is 2. The van der Waals surface area contributed by atoms with Crippen LogP contribution in [0.5, 0.6) is 5.75 Å². The van der Waals surface area contributed by atoms with E-state index < -0.39 is 0 Å². The zero-order chi connectivity index (χ0) is 21.2. The van der Waals surface area contributed by atoms with Gasteiger partial charge >= 0.3 is 0 Å². The van der Waals surface area contributed by atoms with Crippen molar-refractivity contribution in [1.29, 1.82) is 0 Å². The molecule has 1 amide bonds. The first-order chi connectivity index (χ1) is 15.2. The van der Waals surface area contributed by atoms with Gasteiger partial charge in [0.2, 0.25) is 5.91 Å². The molecule has 1 atom stereocenters. The lowest BCUT2D eigenvalue weighted by Crippen LogP contribution is -2.40. The number of fused-ring (bicyclic) bond motifs is 1. The Balaban J connectivity index is 1.19. The first-order valence-corrected chi connectivity index (χ1v) is 11.0. The number of rotatable bonds is 5. The lowest BCUT2D eigenvalue weighted by molar-refractivity contribution is -0.121. The van der Waals surface area contributed by atoms with E-state index in [1.165, 1.54) is 11.1 Å². The van der Waals surface area contributed by atoms with Crippen molar-refractivity contribution in [2.75, 3.05) is 25.0 Å². The maximum Gasteiger partial charge on any atom is 0.228 e. The highest BCUT2D eigenvalue weighted by Crippen LogP contribution is 2.27. The first-order valence-electron chi connectivity index (χ1n) is 11.0. The summed E-state index contributed by atoms with van der Waals surface area (Å²) < 4.78 is 7.64. The van der Waals surface area contributed by atoms with Gasteiger partial charge in [-0.15, -0.1) is 0 Å². The molecule has 0 bridgehead atoms. The van der Waals surface area contributed by atoms with Crippen LogP contribution in [-0.2, 0) is 17.8 Å². The molecule has 0 saturated carbocycles. The normalized spacial score (nSPS) is 18.4. The van der Waals surface area contributed by atoms with Crippen molar-refractivity contribution in [3.05, 3.63) is 71.8 Å². The Kier molecular flexibility index (Phi) is 5.47. The van der Waals surface area contributed by atoms with Gasteiger partial charge in [-0.2, -0.15) is 0 Å². The number of carbonyl (C=O) groups is 1. The van der Waals surface area contributed by atoms with Crippen LogP contribution in [0, 0.1) is 12.8 Å². The van der Waals surface area contributed by atoms with Gasteiger partial charge in [0.25, 0.3) is 0 Å². The summed E-state index contributed by atoms with van der Waals surface area (Å²) in [5.74, 6) is 2.09. The summed E-state index contributed by atoms with van der Waals surface area (Å²) >= 11 is 0. The lowest BCUT2D eigenvalue weighted by Gasteiger charge is -2.32. The van der Waals surface area contributed by atoms with E-state index in [2.05, 4.69) is 33.4 Å². The van der Waals surface area contributed by atoms with E-state index in [-0.39, 0.29) is 11.8 Å². The number of hydrogen-bond donors (Lipinski definition) is 1. The third kappa shape index (κ3) is 4.35. The van der Waals surface area contributed by atoms with Crippen LogP contribution in [-0.4, -0.2) is 40.1 Å². The molecule has 0 aliphatic carbocycles. The molecule has 6 nitrogen and oxygen atoms in total. The summed E-state index contributed by atoms with van der Waals surface area (Å²) in [6, 6.07) is 14.4. The molecule has 6 heteroatoms. The van der Waals surface area contributed by atoms with E-state index in [1.54, 1.807) is 6.20 Å². The largest absolute Gasteiger partial charge is 0.493 e. The van der Waals surface area contributed by atoms with E-state index in [0.717, 1.165) is 68.5 Å². The minimum absolute atomic E-state index is 0.0158. The van der Waals surface area contributed by atoms with E-state index >= 15 is 0 Å². The number of amides is 1. The van der Waals surface area contributed by atoms with Gasteiger partial charge in [-0.1, -0.05) is 12.1 Å². The molecule has 1 saturated heterocycles. The number of aryl methyl sites for hydroxylation is 1. The molecule has 160 valence electrons. The maximum absolute atomic E-state index is 12.9. The van der Waals surface area contributed by atoms with E-state index in [9.17, 15) is 4.79 Å². The third-order valence-electron chi connectivity index (χ3n) is 6.28. The smallest absolute Gasteiger partial charge is 0.228 e. The molecule has 3 heterocycles. The summed E-state index contributed by atoms with van der Waals surface area (Å²) in [5.41, 5.74) is 4.48. The quantitative estimate of drug-likeness (QED) is 0.684. The number of piperidine rings is 1. The minimum atomic E-state index is 0.0158. The predicted molar refractivity (Wildman–Crippen MR) is 121 cm³/mol. The van der Waals surface area contributed by atoms with Gasteiger partial charge < -0.3 is 14.6 Å². The molecule has 1 fully saturated rings. The second-order valence-electron chi connectivity index (χ2n) is 8.50. The van der Waals surface area contributed by atoms with E-state index in [0.29, 0.717) is 0 Å². The number of likely N-dealkylation sites (tertiary alicyclic amines) is 1. The van der Waals surface area contributed by atoms with Crippen molar-refractivity contribution < 1.29 is 9.53 Å². The molecule has 1 aromatic heterocycles. The highest BCUT2D eigenvalue weighted by molar-refractivity contribution is 5.92. The van der Waals surface area contributed by atoms with Crippen molar-refractivity contribution >= 4 is 11.6 Å². The van der Waals surface area contributed by atoms with Crippen molar-refractivity contribution in [3.8, 4) is 11.4 Å². The molecule has 2 aliphatic rings. The predicted octanol–water partition coefficient (Wildman–Crippen LogP) is 3.97. The number of hydrogen-bond acceptors (Lipinski definition) is 4. The van der Waals surface area contributed by atoms with Crippen LogP contribution in [0.25, 0.3) is 5.69 Å². The Morgan fingerprint density at radius 1 is 1.23 bits per heavy atom. The van der Waals surface area contributed by atoms with Gasteiger partial charge in [-0.3, -0.25) is 9.69 Å². The van der Waals surface area contributed by atoms with Crippen LogP contribution in [0.2, 0.25) is 0 Å². The SMILES string of the molecule is Cc1nccn1-c1ccc(NC(=O)[C@H]2CCCN(Cc3ccc4c(c3)CCO4)C2)cc1. The summed E-state index contributed by atoms with van der Waals surface area (Å²) in [5, 5.41) is 3.11. The van der Waals surface area contributed by atoms with Crippen LogP contribution < -0.4 is 10.1 Å². The molecular formula is C25H28N4O2. The molecule has 3 aromatic rings. The zero-order valence-corrected chi connectivity index (χ0v) is 17.9. The van der Waals surface area contributed by atoms with Gasteiger partial charge in [-0.05, 0) is 67.8 Å². The van der Waals surface area contributed by atoms with Gasteiger partial charge in [0, 0.05) is 43.3 Å². The fraction of sp³-hybridized carbons (Fsp3) is 0.360. The molecule has 5 rings (SSSR count). The van der Waals surface area contributed by atoms with Crippen LogP contribution in [0.15, 0.2) is 54.9 Å². The van der Waals surface area contributed by atoms with Gasteiger partial charge in [0.05, 0.1) is 12.5 Å². The minimum Gasteiger partial charge on any atom is -0.493 e. The summed E-state index contributed by atoms with van der Waals surface area (Å²) in [6.07, 6.45) is 6.70. The molecule has 2 aliphatic heterocycles. The fourth-order valence-electron chi connectivity index (χ4n) is 4.61. The topological polar surface area (TPSA) is 59.4 Å². The van der Waals surface area contributed by atoms with Gasteiger partial charge in [0.15, 0.2) is 0 Å². The number of ether oxygens (including phenoxy) is 1. The molecular weight excluding hydrogens is 388 g/mol. The molecule has 0 spiro atoms. The Morgan fingerprint density at radius 2 is 2.10 bits per heavy atom. The number of nitrogens with zero attached hydrogens (tertiary/aromatic N) is 3. The summed E-state index contributed by atoms with van der Waals surface area (Å²) in [7, 11) is 0. The Hall–Kier alpha value is -3.12. The summed E-state index contributed by atoms with van der Waals surface area (Å²) in [4.78, 5) is 19.6. The monoisotopic (exact) mass is 416 g/mol. The molecule has 2 aromatic carbocycles. The van der Waals surface area contributed by atoms with Crippen molar-refractivity contribution in [2.24, 2.45) is 5.92 Å². The molecule has 1 N–H and O–H groups in total. The Bertz CT molecular complexity index is 1070. The number of imidazole rings is 1. The number of nitrogens with one attached hydrogen (secondary N) is 1. The first kappa shape index (κ1) is 19.8. The van der Waals surface area contributed by atoms with E-state index in [1.807, 2.05) is 42.0 Å². The van der Waals surface area contributed by atoms with E-state index in [4.69, 9.17) is 4.74 Å².